The molecule has 0 aliphatic rings. The van der Waals surface area contributed by atoms with Crippen molar-refractivity contribution in [2.24, 2.45) is 0 Å². The van der Waals surface area contributed by atoms with Crippen molar-refractivity contribution in [1.29, 1.82) is 0 Å². The van der Waals surface area contributed by atoms with Gasteiger partial charge >= 0.3 is 5.97 Å². The number of aryl methyl sites for hydroxylation is 2. The number of rotatable bonds is 6. The van der Waals surface area contributed by atoms with Crippen molar-refractivity contribution >= 4 is 17.6 Å². The molecule has 1 amide bonds. The van der Waals surface area contributed by atoms with Gasteiger partial charge in [0.25, 0.3) is 5.89 Å². The first-order valence-electron chi connectivity index (χ1n) is 6.46. The van der Waals surface area contributed by atoms with Crippen molar-refractivity contribution in [2.45, 2.75) is 20.5 Å². The van der Waals surface area contributed by atoms with E-state index >= 15 is 0 Å². The van der Waals surface area contributed by atoms with Crippen molar-refractivity contribution in [2.75, 3.05) is 11.9 Å². The highest BCUT2D eigenvalue weighted by molar-refractivity contribution is 5.94. The molecule has 0 bridgehead atoms. The average Bonchev–Trinajstić information content (AvgIpc) is 2.84. The summed E-state index contributed by atoms with van der Waals surface area (Å²) in [5.74, 6) is -0.573. The van der Waals surface area contributed by atoms with Crippen LogP contribution in [0.5, 0.6) is 0 Å². The summed E-state index contributed by atoms with van der Waals surface area (Å²) in [6.07, 6.45) is 0. The van der Waals surface area contributed by atoms with E-state index in [1.807, 2.05) is 0 Å². The fraction of sp³-hybridized carbons (Fsp3) is 0.286. The van der Waals surface area contributed by atoms with Gasteiger partial charge in [-0.3, -0.25) is 4.79 Å². The Balaban J connectivity index is 1.84. The smallest absolute Gasteiger partial charge is 0.335 e. The molecular formula is C14H15N3O5. The lowest BCUT2D eigenvalue weighted by Crippen LogP contribution is -2.18. The Morgan fingerprint density at radius 1 is 1.36 bits per heavy atom. The number of hydrogen-bond acceptors (Lipinski definition) is 6. The maximum absolute atomic E-state index is 11.7. The summed E-state index contributed by atoms with van der Waals surface area (Å²) in [6.45, 7) is 3.21. The number of carboxylic acids is 1. The van der Waals surface area contributed by atoms with E-state index in [-0.39, 0.29) is 24.7 Å². The quantitative estimate of drug-likeness (QED) is 0.831. The molecule has 2 N–H and O–H groups in total. The van der Waals surface area contributed by atoms with E-state index in [1.54, 1.807) is 19.9 Å². The second-order valence-electron chi connectivity index (χ2n) is 4.61. The number of carboxylic acid groups (broad SMARTS) is 1. The first-order chi connectivity index (χ1) is 10.5. The number of hydrogen-bond donors (Lipinski definition) is 2. The monoisotopic (exact) mass is 305 g/mol. The van der Waals surface area contributed by atoms with Gasteiger partial charge in [-0.2, -0.15) is 4.98 Å². The maximum Gasteiger partial charge on any atom is 0.335 e. The van der Waals surface area contributed by atoms with E-state index < -0.39 is 5.97 Å². The zero-order chi connectivity index (χ0) is 16.1. The summed E-state index contributed by atoms with van der Waals surface area (Å²) in [7, 11) is 0. The van der Waals surface area contributed by atoms with Gasteiger partial charge in [0.1, 0.15) is 13.2 Å². The molecule has 116 valence electrons. The number of amides is 1. The van der Waals surface area contributed by atoms with Crippen LogP contribution < -0.4 is 5.32 Å². The van der Waals surface area contributed by atoms with Crippen LogP contribution in [0.2, 0.25) is 0 Å². The molecule has 0 spiro atoms. The topological polar surface area (TPSA) is 115 Å². The molecule has 0 saturated carbocycles. The zero-order valence-electron chi connectivity index (χ0n) is 12.1. The van der Waals surface area contributed by atoms with Crippen LogP contribution in [0.1, 0.15) is 27.6 Å². The fourth-order valence-electron chi connectivity index (χ4n) is 1.81. The van der Waals surface area contributed by atoms with Crippen molar-refractivity contribution in [1.82, 2.24) is 10.1 Å². The number of benzene rings is 1. The lowest BCUT2D eigenvalue weighted by Gasteiger charge is -2.07. The van der Waals surface area contributed by atoms with Crippen LogP contribution in [0.15, 0.2) is 22.7 Å². The largest absolute Gasteiger partial charge is 0.478 e. The third-order valence-corrected chi connectivity index (χ3v) is 2.77. The number of carbonyl (C=O) groups excluding carboxylic acids is 1. The van der Waals surface area contributed by atoms with Gasteiger partial charge in [-0.25, -0.2) is 4.79 Å². The Morgan fingerprint density at radius 2 is 2.14 bits per heavy atom. The van der Waals surface area contributed by atoms with Gasteiger partial charge in [-0.05, 0) is 37.6 Å². The highest BCUT2D eigenvalue weighted by atomic mass is 16.5. The van der Waals surface area contributed by atoms with Gasteiger partial charge in [0.2, 0.25) is 5.91 Å². The Morgan fingerprint density at radius 3 is 2.73 bits per heavy atom. The number of aromatic nitrogens is 2. The summed E-state index contributed by atoms with van der Waals surface area (Å²) < 4.78 is 10.00. The van der Waals surface area contributed by atoms with E-state index in [0.29, 0.717) is 23.0 Å². The number of carbonyl (C=O) groups is 2. The van der Waals surface area contributed by atoms with Gasteiger partial charge in [0, 0.05) is 5.69 Å². The van der Waals surface area contributed by atoms with Gasteiger partial charge in [0.15, 0.2) is 5.82 Å². The molecule has 8 heteroatoms. The van der Waals surface area contributed by atoms with Crippen LogP contribution in [0.25, 0.3) is 0 Å². The molecule has 0 saturated heterocycles. The lowest BCUT2D eigenvalue weighted by atomic mass is 10.1. The molecular weight excluding hydrogens is 290 g/mol. The van der Waals surface area contributed by atoms with Crippen LogP contribution in [0.3, 0.4) is 0 Å². The Hall–Kier alpha value is -2.74. The maximum atomic E-state index is 11.7. The first-order valence-corrected chi connectivity index (χ1v) is 6.46. The van der Waals surface area contributed by atoms with E-state index in [2.05, 4.69) is 15.5 Å². The fourth-order valence-corrected chi connectivity index (χ4v) is 1.81. The number of ether oxygens (including phenoxy) is 1. The van der Waals surface area contributed by atoms with Gasteiger partial charge in [-0.15, -0.1) is 0 Å². The normalized spacial score (nSPS) is 10.5. The molecule has 8 nitrogen and oxygen atoms in total. The number of nitrogens with one attached hydrogen (secondary N) is 1. The lowest BCUT2D eigenvalue weighted by molar-refractivity contribution is -0.121. The van der Waals surface area contributed by atoms with E-state index in [1.165, 1.54) is 12.1 Å². The summed E-state index contributed by atoms with van der Waals surface area (Å²) in [5, 5.41) is 15.2. The summed E-state index contributed by atoms with van der Waals surface area (Å²) in [6, 6.07) is 4.55. The van der Waals surface area contributed by atoms with Crippen LogP contribution in [0, 0.1) is 13.8 Å². The van der Waals surface area contributed by atoms with Gasteiger partial charge in [0.05, 0.1) is 5.56 Å². The summed E-state index contributed by atoms with van der Waals surface area (Å²) >= 11 is 0. The zero-order valence-corrected chi connectivity index (χ0v) is 12.1. The third-order valence-electron chi connectivity index (χ3n) is 2.77. The SMILES string of the molecule is Cc1noc(COCC(=O)Nc2ccc(C(=O)O)c(C)c2)n1. The number of nitrogens with zero attached hydrogens (tertiary/aromatic N) is 2. The molecule has 0 aliphatic heterocycles. The highest BCUT2D eigenvalue weighted by Crippen LogP contribution is 2.15. The minimum atomic E-state index is -1.01. The van der Waals surface area contributed by atoms with E-state index in [9.17, 15) is 9.59 Å². The average molecular weight is 305 g/mol. The molecule has 0 radical (unpaired) electrons. The minimum absolute atomic E-state index is 0.0469. The Bertz CT molecular complexity index is 696. The van der Waals surface area contributed by atoms with Crippen LogP contribution >= 0.6 is 0 Å². The van der Waals surface area contributed by atoms with Crippen LogP contribution in [-0.2, 0) is 16.1 Å². The minimum Gasteiger partial charge on any atom is -0.478 e. The van der Waals surface area contributed by atoms with Gasteiger partial charge < -0.3 is 19.7 Å². The summed E-state index contributed by atoms with van der Waals surface area (Å²) in [4.78, 5) is 26.6. The Labute approximate surface area is 126 Å². The van der Waals surface area contributed by atoms with E-state index in [4.69, 9.17) is 14.4 Å². The molecule has 0 atom stereocenters. The predicted molar refractivity (Wildman–Crippen MR) is 75.5 cm³/mol. The standard InChI is InChI=1S/C14H15N3O5/c1-8-5-10(3-4-11(8)14(19)20)16-12(18)6-21-7-13-15-9(2)17-22-13/h3-5H,6-7H2,1-2H3,(H,16,18)(H,19,20). The molecule has 0 aliphatic carbocycles. The summed E-state index contributed by atoms with van der Waals surface area (Å²) in [5.41, 5.74) is 1.26. The van der Waals surface area contributed by atoms with Crippen molar-refractivity contribution in [3.05, 3.63) is 41.0 Å². The van der Waals surface area contributed by atoms with E-state index in [0.717, 1.165) is 0 Å². The number of aromatic carboxylic acids is 1. The second-order valence-corrected chi connectivity index (χ2v) is 4.61. The third kappa shape index (κ3) is 4.13. The highest BCUT2D eigenvalue weighted by Gasteiger charge is 2.09. The molecule has 0 unspecified atom stereocenters. The number of anilines is 1. The molecule has 1 aromatic carbocycles. The molecule has 2 aromatic rings. The Kier molecular flexibility index (Phi) is 4.84. The molecule has 0 fully saturated rings. The van der Waals surface area contributed by atoms with Gasteiger partial charge in [-0.1, -0.05) is 5.16 Å². The van der Waals surface area contributed by atoms with Crippen molar-refractivity contribution < 1.29 is 24.0 Å². The van der Waals surface area contributed by atoms with Crippen LogP contribution in [0.4, 0.5) is 5.69 Å². The molecule has 2 rings (SSSR count). The molecule has 1 heterocycles. The molecule has 22 heavy (non-hydrogen) atoms. The first kappa shape index (κ1) is 15.6. The predicted octanol–water partition coefficient (Wildman–Crippen LogP) is 1.54. The molecule has 1 aromatic heterocycles. The van der Waals surface area contributed by atoms with Crippen LogP contribution in [-0.4, -0.2) is 33.7 Å². The van der Waals surface area contributed by atoms with Crippen molar-refractivity contribution in [3.8, 4) is 0 Å². The second kappa shape index (κ2) is 6.81. The van der Waals surface area contributed by atoms with Crippen molar-refractivity contribution in [3.63, 3.8) is 0 Å².